The number of allylic oxidation sites excluding steroid dienone is 1. The molecule has 0 saturated heterocycles. The molecular weight excluding hydrogens is 2150 g/mol. The van der Waals surface area contributed by atoms with Crippen LogP contribution in [-0.2, 0) is 232 Å². The second-order valence-corrected chi connectivity index (χ2v) is 27.3. The molecule has 15 rings (SSSR count). The van der Waals surface area contributed by atoms with Crippen molar-refractivity contribution in [1.29, 1.82) is 0 Å². The molecule has 10 aromatic carbocycles. The van der Waals surface area contributed by atoms with Crippen LogP contribution in [0.5, 0.6) is 28.7 Å². The zero-order valence-corrected chi connectivity index (χ0v) is 86.5. The molecule has 42 heteroatoms. The fourth-order valence-electron chi connectivity index (χ4n) is 11.1. The molecule has 0 N–H and O–H groups in total. The molecule has 0 spiro atoms. The van der Waals surface area contributed by atoms with Crippen molar-refractivity contribution in [2.75, 3.05) is 0 Å². The van der Waals surface area contributed by atoms with Crippen molar-refractivity contribution in [3.63, 3.8) is 0 Å². The molecule has 0 aliphatic carbocycles. The zero-order valence-electron chi connectivity index (χ0n) is 67.7. The van der Waals surface area contributed by atoms with Crippen molar-refractivity contribution in [3.05, 3.63) is 357 Å². The summed E-state index contributed by atoms with van der Waals surface area (Å²) >= 11 is 27.7. The number of rotatable bonds is 21. The number of aromatic nitrogens is 20. The quantitative estimate of drug-likeness (QED) is 0.0476. The monoisotopic (exact) mass is 2210 g/mol. The van der Waals surface area contributed by atoms with Crippen LogP contribution in [-0.4, -0.2) is 99.0 Å². The Hall–Kier alpha value is -9.01. The molecule has 627 valence electrons. The first-order valence-electron chi connectivity index (χ1n) is 35.6. The molecule has 0 fully saturated rings. The minimum atomic E-state index is -0.487. The van der Waals surface area contributed by atoms with Crippen molar-refractivity contribution >= 4 is 74.1 Å². The molecule has 5 aromatic heterocycles. The second kappa shape index (κ2) is 51.8. The van der Waals surface area contributed by atoms with Gasteiger partial charge in [-0.05, 0) is 140 Å². The minimum Gasteiger partial charge on any atom is -0.514 e. The fraction of sp³-hybridized carbons (Fsp3) is 0.143. The van der Waals surface area contributed by atoms with E-state index in [4.69, 9.17) is 83.1 Å². The zero-order chi connectivity index (χ0) is 86.2. The van der Waals surface area contributed by atoms with E-state index in [9.17, 15) is 28.4 Å². The Bertz CT molecular complexity index is 6610. The van der Waals surface area contributed by atoms with Gasteiger partial charge in [0, 0.05) is 261 Å². The van der Waals surface area contributed by atoms with E-state index in [1.807, 2.05) is 49.4 Å². The van der Waals surface area contributed by atoms with Crippen molar-refractivity contribution in [3.8, 4) is 81.4 Å². The van der Waals surface area contributed by atoms with E-state index in [1.165, 1.54) is 59.1 Å². The summed E-state index contributed by atoms with van der Waals surface area (Å²) in [4.78, 5) is 64.2. The second-order valence-electron chi connectivity index (χ2n) is 24.8. The Kier molecular flexibility index (Phi) is 43.5. The van der Waals surface area contributed by atoms with Crippen molar-refractivity contribution in [1.82, 2.24) is 99.0 Å². The van der Waals surface area contributed by atoms with E-state index < -0.39 is 17.2 Å². The Morgan fingerprint density at radius 2 is 0.722 bits per heavy atom. The molecular formula is C84H64BrCl4FN21O10Y5-5. The standard InChI is InChI=1S/C18H16ClN4O2.C18H14ClN4O2.C17H12ClN4O2.C16H11ClN5O2.C15H11BrFN4O2.5Y/c2*1-3-7-13-8-6-10-16(23-18(24)22(2)20-21-23)14(13)12-25-17-11-5-4-9-15(17)19;1-3-12-7-6-9-15(22-17(23)21(2)19-20-22)13(12)11-24-16-10-5-4-8-14(16)18;1-18-13-7-5-8-14(22-16(23)21(2)19-20-22)11(13)10-24-15-9-4-3-6-12(15)17;1-20-15(22)21(19-18-20)13-7-4-6-12(17)10(13)9-23-14-8-3-2-5-11(14)16;;;;;/h3,5-11H,12H2,1-2H3;5-6,8-11H,12H2,1-2H3;1,5-10H,11H2,2H3;4-9H,10H2,2H3;3-8H,9H2,1H3;;;;;/q5*-1;;;;;/b7-3+;;;;;;;;;. The molecule has 0 unspecified atom stereocenters. The molecule has 0 atom stereocenters. The molecule has 0 amide bonds. The van der Waals surface area contributed by atoms with Crippen LogP contribution < -0.4 is 52.1 Å². The number of tetrazole rings is 5. The predicted octanol–water partition coefficient (Wildman–Crippen LogP) is 12.2. The minimum absolute atomic E-state index is 0. The van der Waals surface area contributed by atoms with Gasteiger partial charge in [-0.15, -0.1) is 58.6 Å². The van der Waals surface area contributed by atoms with Crippen molar-refractivity contribution in [2.45, 2.75) is 46.9 Å². The fourth-order valence-corrected chi connectivity index (χ4v) is 12.2. The summed E-state index contributed by atoms with van der Waals surface area (Å²) in [5.41, 5.74) is 6.07. The maximum absolute atomic E-state index is 14.2. The summed E-state index contributed by atoms with van der Waals surface area (Å²) < 4.78 is 55.2. The third kappa shape index (κ3) is 26.8. The number of hydrogen-bond donors (Lipinski definition) is 0. The van der Waals surface area contributed by atoms with Gasteiger partial charge in [-0.1, -0.05) is 70.9 Å². The normalized spacial score (nSPS) is 10.2. The van der Waals surface area contributed by atoms with Crippen molar-refractivity contribution < 1.29 is 192 Å². The average Bonchev–Trinajstić information content (AvgIpc) is 1.61. The first-order chi connectivity index (χ1) is 58.5. The van der Waals surface area contributed by atoms with Crippen LogP contribution in [0.15, 0.2) is 217 Å². The summed E-state index contributed by atoms with van der Waals surface area (Å²) in [6.45, 7) is 11.5. The number of aryl methyl sites for hydroxylation is 5. The predicted molar refractivity (Wildman–Crippen MR) is 450 cm³/mol. The van der Waals surface area contributed by atoms with E-state index in [-0.39, 0.29) is 219 Å². The van der Waals surface area contributed by atoms with Gasteiger partial charge in [0.05, 0.1) is 40.6 Å². The third-order valence-electron chi connectivity index (χ3n) is 17.1. The largest absolute Gasteiger partial charge is 0.514 e. The van der Waals surface area contributed by atoms with Crippen LogP contribution in [0.25, 0.3) is 39.4 Å². The maximum Gasteiger partial charge on any atom is 0.368 e. The molecule has 5 radical (unpaired) electrons. The Morgan fingerprint density at radius 3 is 1.07 bits per heavy atom. The Labute approximate surface area is 874 Å². The summed E-state index contributed by atoms with van der Waals surface area (Å²) in [7, 11) is 7.59. The number of hydrogen-bond acceptors (Lipinski definition) is 20. The number of nitrogens with zero attached hydrogens (tertiary/aromatic N) is 21. The third-order valence-corrected chi connectivity index (χ3v) is 18.9. The van der Waals surface area contributed by atoms with Crippen LogP contribution >= 0.6 is 62.3 Å². The SMILES string of the molecule is C#Cc1cccc(-n2nnn(C)c2=O)c1COc1cc[c-]cc1Cl.C/C=C/c1cccc(-n2nnn(C)c2=O)c1COc1cc[c-]cc1Cl.CC#Cc1cccc(-n2nnn(C)c2=O)c1COc1cc[c-]cc1Cl.Cn1nnn(-c2cccc(F)c2COc2cc[c-]cc2Br)c1=O.[C-]#[N+]c1cccc(-n2nnn(C)c2=O)c1COc1cc[c-]cc1Cl.[Y].[Y].[Y].[Y].[Y]. The smallest absolute Gasteiger partial charge is 0.368 e. The van der Waals surface area contributed by atoms with Gasteiger partial charge >= 0.3 is 28.4 Å². The van der Waals surface area contributed by atoms with Crippen LogP contribution in [0, 0.1) is 66.9 Å². The summed E-state index contributed by atoms with van der Waals surface area (Å²) in [6.07, 6.45) is 9.45. The van der Waals surface area contributed by atoms with E-state index in [2.05, 4.69) is 121 Å². The van der Waals surface area contributed by atoms with Crippen LogP contribution in [0.3, 0.4) is 0 Å². The van der Waals surface area contributed by atoms with Gasteiger partial charge in [0.1, 0.15) is 38.9 Å². The van der Waals surface area contributed by atoms with Crippen LogP contribution in [0.4, 0.5) is 10.1 Å². The molecule has 5 heterocycles. The first-order valence-corrected chi connectivity index (χ1v) is 37.9. The Balaban J connectivity index is 0.000000241. The molecule has 0 bridgehead atoms. The van der Waals surface area contributed by atoms with E-state index in [0.717, 1.165) is 50.3 Å². The molecule has 31 nitrogen and oxygen atoms in total. The van der Waals surface area contributed by atoms with E-state index in [0.29, 0.717) is 104 Å². The average molecular weight is 2210 g/mol. The topological polar surface area (TPSA) is 314 Å². The summed E-state index contributed by atoms with van der Waals surface area (Å²) in [5.74, 6) is 10.6. The summed E-state index contributed by atoms with van der Waals surface area (Å²) in [5, 5.41) is 39.6. The van der Waals surface area contributed by atoms with Crippen molar-refractivity contribution in [2.24, 2.45) is 35.2 Å². The molecule has 0 aliphatic heterocycles. The van der Waals surface area contributed by atoms with Gasteiger partial charge < -0.3 is 23.7 Å². The first kappa shape index (κ1) is 106. The molecule has 0 saturated carbocycles. The van der Waals surface area contributed by atoms with Gasteiger partial charge in [0.25, 0.3) is 0 Å². The summed E-state index contributed by atoms with van der Waals surface area (Å²) in [6, 6.07) is 65.3. The van der Waals surface area contributed by atoms with Gasteiger partial charge in [-0.3, -0.25) is 0 Å². The van der Waals surface area contributed by atoms with Gasteiger partial charge in [-0.25, -0.2) is 33.2 Å². The van der Waals surface area contributed by atoms with Gasteiger partial charge in [-0.2, -0.15) is 184 Å². The molecule has 0 aliphatic rings. The van der Waals surface area contributed by atoms with Crippen LogP contribution in [0.1, 0.15) is 58.4 Å². The number of terminal acetylenes is 1. The molecule has 15 aromatic rings. The van der Waals surface area contributed by atoms with E-state index in [1.54, 1.807) is 153 Å². The number of halogens is 6. The Morgan fingerprint density at radius 1 is 0.421 bits per heavy atom. The number of ether oxygens (including phenoxy) is 5. The molecule has 126 heavy (non-hydrogen) atoms. The van der Waals surface area contributed by atoms with Gasteiger partial charge in [0.15, 0.2) is 5.69 Å². The van der Waals surface area contributed by atoms with E-state index >= 15 is 0 Å². The van der Waals surface area contributed by atoms with Crippen LogP contribution in [0.2, 0.25) is 20.1 Å². The number of benzene rings is 10. The maximum atomic E-state index is 14.2. The van der Waals surface area contributed by atoms with Gasteiger partial charge in [0.2, 0.25) is 0 Å².